The predicted octanol–water partition coefficient (Wildman–Crippen LogP) is 3.30. The van der Waals surface area contributed by atoms with Gasteiger partial charge in [-0.15, -0.1) is 0 Å². The highest BCUT2D eigenvalue weighted by Gasteiger charge is 2.14. The van der Waals surface area contributed by atoms with E-state index in [0.29, 0.717) is 28.5 Å². The third kappa shape index (κ3) is 4.21. The number of nitro benzene ring substituents is 1. The molecule has 0 fully saturated rings. The summed E-state index contributed by atoms with van der Waals surface area (Å²) in [6.45, 7) is 3.16. The smallest absolute Gasteiger partial charge is 0.269 e. The molecule has 0 aliphatic heterocycles. The molecule has 0 saturated carbocycles. The van der Waals surface area contributed by atoms with Gasteiger partial charge in [0.05, 0.1) is 16.3 Å². The first-order valence-corrected chi connectivity index (χ1v) is 8.34. The van der Waals surface area contributed by atoms with Crippen molar-refractivity contribution in [3.63, 3.8) is 0 Å². The Balaban J connectivity index is 1.86. The fraction of sp³-hybridized carbons (Fsp3) is 0.105. The molecule has 0 spiro atoms. The van der Waals surface area contributed by atoms with Gasteiger partial charge in [-0.1, -0.05) is 6.07 Å². The Hall–Kier alpha value is -4.01. The zero-order valence-electron chi connectivity index (χ0n) is 15.2. The zero-order chi connectivity index (χ0) is 20.3. The summed E-state index contributed by atoms with van der Waals surface area (Å²) in [6, 6.07) is 14.1. The Kier molecular flexibility index (Phi) is 5.16. The van der Waals surface area contributed by atoms with Crippen molar-refractivity contribution in [1.82, 2.24) is 9.78 Å². The molecule has 3 aromatic rings. The van der Waals surface area contributed by atoms with Gasteiger partial charge < -0.3 is 10.6 Å². The molecule has 0 aliphatic carbocycles. The summed E-state index contributed by atoms with van der Waals surface area (Å²) in [6.07, 6.45) is 0. The van der Waals surface area contributed by atoms with E-state index in [9.17, 15) is 19.7 Å². The number of carbonyl (C=O) groups excluding carboxylic acids is 2. The average molecular weight is 379 g/mol. The van der Waals surface area contributed by atoms with Crippen LogP contribution in [0.25, 0.3) is 5.69 Å². The van der Waals surface area contributed by atoms with Crippen LogP contribution in [0.2, 0.25) is 0 Å². The number of nitrogens with zero attached hydrogens (tertiary/aromatic N) is 3. The number of hydrogen-bond donors (Lipinski definition) is 2. The van der Waals surface area contributed by atoms with Crippen LogP contribution in [0.3, 0.4) is 0 Å². The molecule has 3 rings (SSSR count). The fourth-order valence-corrected chi connectivity index (χ4v) is 2.63. The Bertz CT molecular complexity index is 1060. The second-order valence-corrected chi connectivity index (χ2v) is 6.07. The van der Waals surface area contributed by atoms with Gasteiger partial charge in [-0.3, -0.25) is 19.7 Å². The summed E-state index contributed by atoms with van der Waals surface area (Å²) in [4.78, 5) is 34.2. The van der Waals surface area contributed by atoms with Crippen LogP contribution in [-0.2, 0) is 4.79 Å². The van der Waals surface area contributed by atoms with Gasteiger partial charge in [0.1, 0.15) is 5.82 Å². The molecule has 9 nitrogen and oxygen atoms in total. The molecule has 2 amide bonds. The topological polar surface area (TPSA) is 119 Å². The van der Waals surface area contributed by atoms with E-state index in [1.54, 1.807) is 49.4 Å². The van der Waals surface area contributed by atoms with Crippen molar-refractivity contribution in [3.8, 4) is 5.69 Å². The lowest BCUT2D eigenvalue weighted by Crippen LogP contribution is -2.15. The van der Waals surface area contributed by atoms with Crippen molar-refractivity contribution in [1.29, 1.82) is 0 Å². The number of aromatic nitrogens is 2. The molecule has 2 N–H and O–H groups in total. The van der Waals surface area contributed by atoms with Gasteiger partial charge in [-0.2, -0.15) is 5.10 Å². The SMILES string of the molecule is CC(=O)Nc1cccc(C(=O)Nc2cc(C)nn2-c2ccc([N+](=O)[O-])cc2)c1. The maximum absolute atomic E-state index is 12.6. The number of nitro groups is 1. The molecule has 28 heavy (non-hydrogen) atoms. The third-order valence-corrected chi connectivity index (χ3v) is 3.82. The highest BCUT2D eigenvalue weighted by molar-refractivity contribution is 6.05. The molecule has 142 valence electrons. The fourth-order valence-electron chi connectivity index (χ4n) is 2.63. The summed E-state index contributed by atoms with van der Waals surface area (Å²) in [5.41, 5.74) is 2.08. The Labute approximate surface area is 160 Å². The number of hydrogen-bond acceptors (Lipinski definition) is 5. The van der Waals surface area contributed by atoms with Crippen LogP contribution in [-0.4, -0.2) is 26.5 Å². The molecular formula is C19H17N5O4. The van der Waals surface area contributed by atoms with Crippen molar-refractivity contribution in [2.75, 3.05) is 10.6 Å². The molecule has 0 atom stereocenters. The summed E-state index contributed by atoms with van der Waals surface area (Å²) in [5.74, 6) is -0.194. The van der Waals surface area contributed by atoms with E-state index in [1.165, 1.54) is 23.7 Å². The molecule has 0 bridgehead atoms. The first-order chi connectivity index (χ1) is 13.3. The van der Waals surface area contributed by atoms with Crippen LogP contribution >= 0.6 is 0 Å². The lowest BCUT2D eigenvalue weighted by molar-refractivity contribution is -0.384. The van der Waals surface area contributed by atoms with Gasteiger partial charge in [0.25, 0.3) is 11.6 Å². The maximum Gasteiger partial charge on any atom is 0.269 e. The minimum absolute atomic E-state index is 0.0343. The second kappa shape index (κ2) is 7.70. The first kappa shape index (κ1) is 18.8. The number of benzene rings is 2. The number of carbonyl (C=O) groups is 2. The number of nitrogens with one attached hydrogen (secondary N) is 2. The summed E-state index contributed by atoms with van der Waals surface area (Å²) in [7, 11) is 0. The molecule has 2 aromatic carbocycles. The van der Waals surface area contributed by atoms with E-state index < -0.39 is 4.92 Å². The van der Waals surface area contributed by atoms with Crippen molar-refractivity contribution in [3.05, 3.63) is 76.0 Å². The Morgan fingerprint density at radius 2 is 1.79 bits per heavy atom. The minimum Gasteiger partial charge on any atom is -0.326 e. The first-order valence-electron chi connectivity index (χ1n) is 8.34. The average Bonchev–Trinajstić information content (AvgIpc) is 3.01. The normalized spacial score (nSPS) is 10.4. The monoisotopic (exact) mass is 379 g/mol. The molecule has 9 heteroatoms. The third-order valence-electron chi connectivity index (χ3n) is 3.82. The van der Waals surface area contributed by atoms with Crippen LogP contribution in [0.5, 0.6) is 0 Å². The van der Waals surface area contributed by atoms with Crippen LogP contribution in [0.15, 0.2) is 54.6 Å². The highest BCUT2D eigenvalue weighted by atomic mass is 16.6. The zero-order valence-corrected chi connectivity index (χ0v) is 15.2. The van der Waals surface area contributed by atoms with E-state index in [4.69, 9.17) is 0 Å². The minimum atomic E-state index is -0.483. The number of aryl methyl sites for hydroxylation is 1. The van der Waals surface area contributed by atoms with Crippen LogP contribution in [0.4, 0.5) is 17.2 Å². The molecule has 0 saturated heterocycles. The van der Waals surface area contributed by atoms with Crippen molar-refractivity contribution in [2.45, 2.75) is 13.8 Å². The molecule has 0 unspecified atom stereocenters. The van der Waals surface area contributed by atoms with Crippen LogP contribution in [0, 0.1) is 17.0 Å². The molecular weight excluding hydrogens is 362 g/mol. The lowest BCUT2D eigenvalue weighted by Gasteiger charge is -2.10. The standard InChI is InChI=1S/C19H17N5O4/c1-12-10-18(23(22-12)16-6-8-17(9-7-16)24(27)28)21-19(26)14-4-3-5-15(11-14)20-13(2)25/h3-11H,1-2H3,(H,20,25)(H,21,26). The molecule has 0 aliphatic rings. The van der Waals surface area contributed by atoms with Gasteiger partial charge in [-0.25, -0.2) is 4.68 Å². The van der Waals surface area contributed by atoms with Crippen molar-refractivity contribution in [2.24, 2.45) is 0 Å². The number of amides is 2. The molecule has 1 heterocycles. The van der Waals surface area contributed by atoms with E-state index >= 15 is 0 Å². The van der Waals surface area contributed by atoms with Gasteiger partial charge in [-0.05, 0) is 37.3 Å². The van der Waals surface area contributed by atoms with Crippen LogP contribution < -0.4 is 10.6 Å². The highest BCUT2D eigenvalue weighted by Crippen LogP contribution is 2.21. The van der Waals surface area contributed by atoms with Gasteiger partial charge >= 0.3 is 0 Å². The van der Waals surface area contributed by atoms with E-state index in [0.717, 1.165) is 0 Å². The summed E-state index contributed by atoms with van der Waals surface area (Å²) >= 11 is 0. The summed E-state index contributed by atoms with van der Waals surface area (Å²) < 4.78 is 1.49. The molecule has 1 aromatic heterocycles. The van der Waals surface area contributed by atoms with Gasteiger partial charge in [0, 0.05) is 36.4 Å². The van der Waals surface area contributed by atoms with Crippen LogP contribution in [0.1, 0.15) is 23.0 Å². The second-order valence-electron chi connectivity index (χ2n) is 6.07. The van der Waals surface area contributed by atoms with Crippen molar-refractivity contribution >= 4 is 29.0 Å². The van der Waals surface area contributed by atoms with E-state index in [1.807, 2.05) is 0 Å². The van der Waals surface area contributed by atoms with Gasteiger partial charge in [0.15, 0.2) is 0 Å². The van der Waals surface area contributed by atoms with Crippen molar-refractivity contribution < 1.29 is 14.5 Å². The number of anilines is 2. The largest absolute Gasteiger partial charge is 0.326 e. The van der Waals surface area contributed by atoms with E-state index in [2.05, 4.69) is 15.7 Å². The van der Waals surface area contributed by atoms with E-state index in [-0.39, 0.29) is 17.5 Å². The maximum atomic E-state index is 12.6. The van der Waals surface area contributed by atoms with Gasteiger partial charge in [0.2, 0.25) is 5.91 Å². The number of non-ortho nitro benzene ring substituents is 1. The Morgan fingerprint density at radius 3 is 2.43 bits per heavy atom. The molecule has 0 radical (unpaired) electrons. The Morgan fingerprint density at radius 1 is 1.07 bits per heavy atom. The quantitative estimate of drug-likeness (QED) is 0.521. The summed E-state index contributed by atoms with van der Waals surface area (Å²) in [5, 5.41) is 20.6. The predicted molar refractivity (Wildman–Crippen MR) is 104 cm³/mol. The number of rotatable bonds is 5. The lowest BCUT2D eigenvalue weighted by atomic mass is 10.2.